The van der Waals surface area contributed by atoms with E-state index in [4.69, 9.17) is 4.74 Å². The summed E-state index contributed by atoms with van der Waals surface area (Å²) in [5, 5.41) is 3.54. The molecule has 2 fully saturated rings. The topological polar surface area (TPSA) is 21.3 Å². The number of hydrogen-bond donors (Lipinski definition) is 1. The Balaban J connectivity index is 0.00000120. The second-order valence-corrected chi connectivity index (χ2v) is 5.17. The Morgan fingerprint density at radius 2 is 2.17 bits per heavy atom. The molecule has 2 unspecified atom stereocenters. The Morgan fingerprint density at radius 1 is 1.39 bits per heavy atom. The summed E-state index contributed by atoms with van der Waals surface area (Å²) < 4.78 is 18.6. The lowest BCUT2D eigenvalue weighted by molar-refractivity contribution is 0.407. The van der Waals surface area contributed by atoms with Gasteiger partial charge in [0.2, 0.25) is 0 Å². The molecule has 0 saturated heterocycles. The van der Waals surface area contributed by atoms with Crippen molar-refractivity contribution >= 4 is 12.4 Å². The van der Waals surface area contributed by atoms with Crippen LogP contribution in [0.3, 0.4) is 0 Å². The van der Waals surface area contributed by atoms with Crippen LogP contribution in [0.1, 0.15) is 30.7 Å². The van der Waals surface area contributed by atoms with Gasteiger partial charge in [-0.15, -0.1) is 12.4 Å². The van der Waals surface area contributed by atoms with E-state index in [1.54, 1.807) is 19.2 Å². The number of hydrogen-bond acceptors (Lipinski definition) is 2. The van der Waals surface area contributed by atoms with Crippen molar-refractivity contribution in [2.45, 2.75) is 31.2 Å². The van der Waals surface area contributed by atoms with Gasteiger partial charge in [-0.25, -0.2) is 4.39 Å². The van der Waals surface area contributed by atoms with Crippen molar-refractivity contribution < 1.29 is 9.13 Å². The van der Waals surface area contributed by atoms with Crippen molar-refractivity contribution in [3.8, 4) is 5.75 Å². The molecule has 2 saturated carbocycles. The summed E-state index contributed by atoms with van der Waals surface area (Å²) in [4.78, 5) is 0. The molecular weight excluding hydrogens is 253 g/mol. The molecule has 2 aliphatic carbocycles. The molecule has 4 heteroatoms. The fraction of sp³-hybridized carbons (Fsp3) is 0.571. The molecule has 1 N–H and O–H groups in total. The van der Waals surface area contributed by atoms with Crippen LogP contribution in [0.5, 0.6) is 5.75 Å². The smallest absolute Gasteiger partial charge is 0.123 e. The molecule has 2 aliphatic rings. The van der Waals surface area contributed by atoms with Crippen LogP contribution in [0.25, 0.3) is 0 Å². The van der Waals surface area contributed by atoms with Crippen molar-refractivity contribution in [1.82, 2.24) is 5.32 Å². The van der Waals surface area contributed by atoms with E-state index in [-0.39, 0.29) is 18.2 Å². The highest BCUT2D eigenvalue weighted by molar-refractivity contribution is 5.85. The first kappa shape index (κ1) is 13.6. The van der Waals surface area contributed by atoms with Crippen LogP contribution in [0.15, 0.2) is 18.2 Å². The average Bonchev–Trinajstić information content (AvgIpc) is 3.21. The van der Waals surface area contributed by atoms with E-state index in [0.717, 1.165) is 30.3 Å². The quantitative estimate of drug-likeness (QED) is 0.889. The van der Waals surface area contributed by atoms with Crippen molar-refractivity contribution in [3.63, 3.8) is 0 Å². The lowest BCUT2D eigenvalue weighted by Gasteiger charge is -2.08. The van der Waals surface area contributed by atoms with Gasteiger partial charge in [-0.2, -0.15) is 0 Å². The predicted molar refractivity (Wildman–Crippen MR) is 72.1 cm³/mol. The van der Waals surface area contributed by atoms with E-state index in [1.807, 2.05) is 0 Å². The van der Waals surface area contributed by atoms with Gasteiger partial charge in [0.25, 0.3) is 0 Å². The Bertz CT molecular complexity index is 422. The number of ether oxygens (including phenoxy) is 1. The maximum atomic E-state index is 13.3. The monoisotopic (exact) mass is 271 g/mol. The zero-order chi connectivity index (χ0) is 11.8. The number of benzene rings is 1. The summed E-state index contributed by atoms with van der Waals surface area (Å²) in [6.07, 6.45) is 3.79. The largest absolute Gasteiger partial charge is 0.496 e. The summed E-state index contributed by atoms with van der Waals surface area (Å²) >= 11 is 0. The number of nitrogens with one attached hydrogen (secondary N) is 1. The van der Waals surface area contributed by atoms with Crippen molar-refractivity contribution in [3.05, 3.63) is 29.6 Å². The summed E-state index contributed by atoms with van der Waals surface area (Å²) in [7, 11) is 1.65. The van der Waals surface area contributed by atoms with Crippen molar-refractivity contribution in [2.75, 3.05) is 13.7 Å². The number of methoxy groups -OCH3 is 1. The fourth-order valence-corrected chi connectivity index (χ4v) is 2.45. The van der Waals surface area contributed by atoms with Gasteiger partial charge in [0.05, 0.1) is 7.11 Å². The zero-order valence-electron chi connectivity index (χ0n) is 10.5. The van der Waals surface area contributed by atoms with Gasteiger partial charge in [-0.1, -0.05) is 0 Å². The van der Waals surface area contributed by atoms with E-state index >= 15 is 0 Å². The second-order valence-electron chi connectivity index (χ2n) is 5.17. The molecule has 100 valence electrons. The first-order chi connectivity index (χ1) is 8.28. The lowest BCUT2D eigenvalue weighted by Crippen LogP contribution is -2.19. The summed E-state index contributed by atoms with van der Waals surface area (Å²) in [6, 6.07) is 5.57. The van der Waals surface area contributed by atoms with E-state index < -0.39 is 0 Å². The summed E-state index contributed by atoms with van der Waals surface area (Å²) in [5.41, 5.74) is 1.04. The number of rotatable bonds is 5. The Hall–Kier alpha value is -0.800. The molecule has 0 amide bonds. The normalized spacial score (nSPS) is 25.4. The highest BCUT2D eigenvalue weighted by atomic mass is 35.5. The van der Waals surface area contributed by atoms with Crippen LogP contribution >= 0.6 is 12.4 Å². The van der Waals surface area contributed by atoms with Crippen molar-refractivity contribution in [1.29, 1.82) is 0 Å². The van der Waals surface area contributed by atoms with Crippen LogP contribution in [-0.2, 0) is 0 Å². The Labute approximate surface area is 113 Å². The summed E-state index contributed by atoms with van der Waals surface area (Å²) in [6.45, 7) is 1.06. The Morgan fingerprint density at radius 3 is 2.83 bits per heavy atom. The first-order valence-electron chi connectivity index (χ1n) is 6.34. The van der Waals surface area contributed by atoms with Gasteiger partial charge in [0, 0.05) is 11.6 Å². The molecule has 0 heterocycles. The third-order valence-electron chi connectivity index (χ3n) is 3.76. The maximum Gasteiger partial charge on any atom is 0.123 e. The molecule has 1 aromatic carbocycles. The molecule has 2 atom stereocenters. The minimum absolute atomic E-state index is 0. The molecule has 0 bridgehead atoms. The van der Waals surface area contributed by atoms with Crippen LogP contribution in [0.4, 0.5) is 4.39 Å². The molecule has 0 aromatic heterocycles. The van der Waals surface area contributed by atoms with Crippen LogP contribution in [0, 0.1) is 11.7 Å². The minimum atomic E-state index is -0.165. The summed E-state index contributed by atoms with van der Waals surface area (Å²) in [5.74, 6) is 1.80. The molecule has 1 aromatic rings. The van der Waals surface area contributed by atoms with E-state index in [2.05, 4.69) is 5.32 Å². The third kappa shape index (κ3) is 2.96. The standard InChI is InChI=1S/C14H18FNO.ClH/c1-17-14-5-2-10(15)7-13(14)12-6-9(12)8-16-11-3-4-11;/h2,5,7,9,11-12,16H,3-4,6,8H2,1H3;1H. The van der Waals surface area contributed by atoms with Gasteiger partial charge in [0.1, 0.15) is 11.6 Å². The van der Waals surface area contributed by atoms with Crippen LogP contribution in [0.2, 0.25) is 0 Å². The van der Waals surface area contributed by atoms with E-state index in [9.17, 15) is 4.39 Å². The predicted octanol–water partition coefficient (Wildman–Crippen LogP) is 3.11. The molecule has 3 rings (SSSR count). The number of halogens is 2. The van der Waals surface area contributed by atoms with E-state index in [1.165, 1.54) is 18.9 Å². The van der Waals surface area contributed by atoms with Gasteiger partial charge >= 0.3 is 0 Å². The van der Waals surface area contributed by atoms with Gasteiger partial charge < -0.3 is 10.1 Å². The molecule has 0 aliphatic heterocycles. The van der Waals surface area contributed by atoms with Crippen LogP contribution in [-0.4, -0.2) is 19.7 Å². The zero-order valence-corrected chi connectivity index (χ0v) is 11.3. The van der Waals surface area contributed by atoms with Crippen molar-refractivity contribution in [2.24, 2.45) is 5.92 Å². The van der Waals surface area contributed by atoms with Gasteiger partial charge in [-0.3, -0.25) is 0 Å². The third-order valence-corrected chi connectivity index (χ3v) is 3.76. The SMILES string of the molecule is COc1ccc(F)cc1C1CC1CNC1CC1.Cl. The fourth-order valence-electron chi connectivity index (χ4n) is 2.45. The van der Waals surface area contributed by atoms with E-state index in [0.29, 0.717) is 11.8 Å². The molecule has 2 nitrogen and oxygen atoms in total. The lowest BCUT2D eigenvalue weighted by atomic mass is 10.1. The molecule has 18 heavy (non-hydrogen) atoms. The first-order valence-corrected chi connectivity index (χ1v) is 6.34. The Kier molecular flexibility index (Phi) is 4.13. The second kappa shape index (κ2) is 5.45. The molecule has 0 radical (unpaired) electrons. The molecule has 0 spiro atoms. The highest BCUT2D eigenvalue weighted by Crippen LogP contribution is 2.50. The van der Waals surface area contributed by atoms with Gasteiger partial charge in [0.15, 0.2) is 0 Å². The van der Waals surface area contributed by atoms with Crippen LogP contribution < -0.4 is 10.1 Å². The average molecular weight is 272 g/mol. The molecular formula is C14H19ClFNO. The minimum Gasteiger partial charge on any atom is -0.496 e. The van der Waals surface area contributed by atoms with Gasteiger partial charge in [-0.05, 0) is 55.8 Å². The highest BCUT2D eigenvalue weighted by Gasteiger charge is 2.40. The maximum absolute atomic E-state index is 13.3.